The quantitative estimate of drug-likeness (QED) is 0.416. The van der Waals surface area contributed by atoms with Gasteiger partial charge in [-0.2, -0.15) is 0 Å². The molecule has 2 rings (SSSR count). The highest BCUT2D eigenvalue weighted by molar-refractivity contribution is 5.97. The van der Waals surface area contributed by atoms with Crippen molar-refractivity contribution in [1.82, 2.24) is 9.97 Å². The molecule has 0 radical (unpaired) electrons. The van der Waals surface area contributed by atoms with Gasteiger partial charge in [0.15, 0.2) is 5.75 Å². The molecule has 0 bridgehead atoms. The topological polar surface area (TPSA) is 199 Å². The highest BCUT2D eigenvalue weighted by Gasteiger charge is 2.20. The Morgan fingerprint density at radius 2 is 1.25 bits per heavy atom. The first-order valence-corrected chi connectivity index (χ1v) is 7.53. The summed E-state index contributed by atoms with van der Waals surface area (Å²) in [7, 11) is 0. The van der Waals surface area contributed by atoms with Crippen LogP contribution in [0.1, 0.15) is 43.4 Å². The van der Waals surface area contributed by atoms with Gasteiger partial charge in [-0.1, -0.05) is 0 Å². The second kappa shape index (κ2) is 8.62. The van der Waals surface area contributed by atoms with E-state index in [2.05, 4.69) is 19.4 Å². The standard InChI is InChI=1S/C8H9NO6.C8H9NO4/c1-3-5(14-7(10)11)4(2)9-6(3)15-8(12)13;1-3-5(7(10)11)4(2)9-6(3)8(12)13/h9H,1-2H3,(H,10,11)(H,12,13);9H,1-2H3,(H,10,11)(H,12,13). The van der Waals surface area contributed by atoms with Crippen LogP contribution in [-0.2, 0) is 0 Å². The van der Waals surface area contributed by atoms with Crippen LogP contribution in [0.2, 0.25) is 0 Å². The fourth-order valence-electron chi connectivity index (χ4n) is 2.42. The summed E-state index contributed by atoms with van der Waals surface area (Å²) in [4.78, 5) is 46.9. The third-order valence-corrected chi connectivity index (χ3v) is 3.57. The molecule has 6 N–H and O–H groups in total. The van der Waals surface area contributed by atoms with E-state index in [-0.39, 0.29) is 34.0 Å². The number of aromatic carboxylic acids is 2. The van der Waals surface area contributed by atoms with Crippen LogP contribution in [0.15, 0.2) is 0 Å². The summed E-state index contributed by atoms with van der Waals surface area (Å²) < 4.78 is 8.83. The predicted molar refractivity (Wildman–Crippen MR) is 91.8 cm³/mol. The molecule has 12 nitrogen and oxygen atoms in total. The highest BCUT2D eigenvalue weighted by atomic mass is 16.7. The largest absolute Gasteiger partial charge is 0.512 e. The minimum atomic E-state index is -1.48. The summed E-state index contributed by atoms with van der Waals surface area (Å²) in [6.07, 6.45) is -2.96. The van der Waals surface area contributed by atoms with Crippen molar-refractivity contribution in [1.29, 1.82) is 0 Å². The Bertz CT molecular complexity index is 938. The van der Waals surface area contributed by atoms with Crippen molar-refractivity contribution >= 4 is 24.2 Å². The molecule has 0 amide bonds. The number of H-pyrrole nitrogens is 2. The van der Waals surface area contributed by atoms with Crippen LogP contribution in [0.5, 0.6) is 11.6 Å². The van der Waals surface area contributed by atoms with E-state index in [0.29, 0.717) is 11.4 Å². The average Bonchev–Trinajstić information content (AvgIpc) is 2.98. The molecule has 0 aliphatic rings. The van der Waals surface area contributed by atoms with Crippen molar-refractivity contribution in [2.75, 3.05) is 0 Å². The summed E-state index contributed by atoms with van der Waals surface area (Å²) in [6, 6.07) is 0. The molecule has 2 aromatic heterocycles. The molecule has 2 heterocycles. The first kappa shape index (κ1) is 22.1. The van der Waals surface area contributed by atoms with E-state index in [4.69, 9.17) is 20.4 Å². The van der Waals surface area contributed by atoms with Crippen molar-refractivity contribution in [2.45, 2.75) is 27.7 Å². The molecule has 0 unspecified atom stereocenters. The fraction of sp³-hybridized carbons (Fsp3) is 0.250. The van der Waals surface area contributed by atoms with E-state index in [1.165, 1.54) is 20.8 Å². The Morgan fingerprint density at radius 1 is 0.714 bits per heavy atom. The number of hydrogen-bond acceptors (Lipinski definition) is 6. The molecule has 0 aliphatic heterocycles. The summed E-state index contributed by atoms with van der Waals surface area (Å²) in [5.74, 6) is -2.25. The number of carboxylic acid groups (broad SMARTS) is 4. The number of rotatable bonds is 4. The predicted octanol–water partition coefficient (Wildman–Crippen LogP) is 2.77. The number of nitrogens with one attached hydrogen (secondary N) is 2. The van der Waals surface area contributed by atoms with Gasteiger partial charge in [0, 0.05) is 5.69 Å². The Morgan fingerprint density at radius 3 is 1.61 bits per heavy atom. The maximum Gasteiger partial charge on any atom is 0.512 e. The highest BCUT2D eigenvalue weighted by Crippen LogP contribution is 2.31. The molecule has 0 saturated heterocycles. The number of carboxylic acids is 2. The van der Waals surface area contributed by atoms with Gasteiger partial charge >= 0.3 is 24.2 Å². The van der Waals surface area contributed by atoms with Crippen LogP contribution < -0.4 is 9.47 Å². The third kappa shape index (κ3) is 5.03. The number of aromatic nitrogens is 2. The Balaban J connectivity index is 0.000000283. The minimum absolute atomic E-state index is 0.0393. The van der Waals surface area contributed by atoms with Crippen LogP contribution in [0, 0.1) is 27.7 Å². The van der Waals surface area contributed by atoms with E-state index in [9.17, 15) is 19.2 Å². The first-order chi connectivity index (χ1) is 12.9. The average molecular weight is 398 g/mol. The zero-order chi connectivity index (χ0) is 21.8. The third-order valence-electron chi connectivity index (χ3n) is 3.57. The van der Waals surface area contributed by atoms with Crippen LogP contribution >= 0.6 is 0 Å². The molecular weight excluding hydrogens is 380 g/mol. The minimum Gasteiger partial charge on any atom is -0.478 e. The molecule has 0 aromatic carbocycles. The van der Waals surface area contributed by atoms with Crippen LogP contribution in [0.25, 0.3) is 0 Å². The van der Waals surface area contributed by atoms with Gasteiger partial charge in [0.25, 0.3) is 0 Å². The number of aryl methyl sites for hydroxylation is 2. The summed E-state index contributed by atoms with van der Waals surface area (Å²) in [6.45, 7) is 6.03. The zero-order valence-corrected chi connectivity index (χ0v) is 15.2. The molecule has 28 heavy (non-hydrogen) atoms. The summed E-state index contributed by atoms with van der Waals surface area (Å²) in [5, 5.41) is 34.2. The lowest BCUT2D eigenvalue weighted by Crippen LogP contribution is -2.05. The van der Waals surface area contributed by atoms with Crippen LogP contribution in [0.4, 0.5) is 9.59 Å². The number of ether oxygens (including phenoxy) is 2. The van der Waals surface area contributed by atoms with Gasteiger partial charge in [0.1, 0.15) is 5.69 Å². The van der Waals surface area contributed by atoms with Crippen molar-refractivity contribution < 1.29 is 49.1 Å². The second-order valence-corrected chi connectivity index (χ2v) is 5.50. The maximum atomic E-state index is 10.7. The van der Waals surface area contributed by atoms with E-state index in [1.807, 2.05) is 0 Å². The summed E-state index contributed by atoms with van der Waals surface area (Å²) in [5.41, 5.74) is 1.27. The molecule has 12 heteroatoms. The van der Waals surface area contributed by atoms with Gasteiger partial charge in [-0.15, -0.1) is 0 Å². The molecule has 0 atom stereocenters. The van der Waals surface area contributed by atoms with E-state index >= 15 is 0 Å². The summed E-state index contributed by atoms with van der Waals surface area (Å²) >= 11 is 0. The van der Waals surface area contributed by atoms with E-state index in [0.717, 1.165) is 0 Å². The zero-order valence-electron chi connectivity index (χ0n) is 15.2. The van der Waals surface area contributed by atoms with Gasteiger partial charge in [0.05, 0.1) is 16.8 Å². The first-order valence-electron chi connectivity index (χ1n) is 7.53. The van der Waals surface area contributed by atoms with Crippen molar-refractivity contribution in [3.8, 4) is 11.6 Å². The van der Waals surface area contributed by atoms with E-state index in [1.54, 1.807) is 6.92 Å². The second-order valence-electron chi connectivity index (χ2n) is 5.50. The molecule has 0 saturated carbocycles. The number of hydrogen-bond donors (Lipinski definition) is 6. The SMILES string of the molecule is Cc1[nH]c(C(=O)O)c(C)c1C(=O)O.Cc1[nH]c(OC(=O)O)c(C)c1OC(=O)O. The van der Waals surface area contributed by atoms with Crippen molar-refractivity contribution in [3.63, 3.8) is 0 Å². The van der Waals surface area contributed by atoms with Crippen molar-refractivity contribution in [3.05, 3.63) is 33.8 Å². The van der Waals surface area contributed by atoms with Crippen molar-refractivity contribution in [2.24, 2.45) is 0 Å². The van der Waals surface area contributed by atoms with Gasteiger partial charge in [-0.25, -0.2) is 19.2 Å². The van der Waals surface area contributed by atoms with E-state index < -0.39 is 24.2 Å². The monoisotopic (exact) mass is 398 g/mol. The molecule has 0 spiro atoms. The molecule has 0 fully saturated rings. The Kier molecular flexibility index (Phi) is 6.80. The lowest BCUT2D eigenvalue weighted by molar-refractivity contribution is 0.0687. The normalized spacial score (nSPS) is 9.86. The van der Waals surface area contributed by atoms with Gasteiger partial charge in [-0.05, 0) is 33.3 Å². The Hall–Kier alpha value is -3.96. The molecule has 152 valence electrons. The Labute approximate surface area is 157 Å². The molecule has 0 aliphatic carbocycles. The van der Waals surface area contributed by atoms with Crippen LogP contribution in [-0.4, -0.2) is 54.6 Å². The van der Waals surface area contributed by atoms with Gasteiger partial charge < -0.3 is 39.9 Å². The van der Waals surface area contributed by atoms with Crippen LogP contribution in [0.3, 0.4) is 0 Å². The molecule has 2 aromatic rings. The lowest BCUT2D eigenvalue weighted by atomic mass is 10.1. The number of aromatic amines is 2. The maximum absolute atomic E-state index is 10.7. The smallest absolute Gasteiger partial charge is 0.478 e. The lowest BCUT2D eigenvalue weighted by Gasteiger charge is -1.99. The fourth-order valence-corrected chi connectivity index (χ4v) is 2.42. The molecular formula is C16H18N2O10. The number of carbonyl (C=O) groups is 4. The van der Waals surface area contributed by atoms with Gasteiger partial charge in [0.2, 0.25) is 5.88 Å². The van der Waals surface area contributed by atoms with Gasteiger partial charge in [-0.3, -0.25) is 0 Å².